The lowest BCUT2D eigenvalue weighted by Crippen LogP contribution is -2.24. The van der Waals surface area contributed by atoms with Gasteiger partial charge in [0.05, 0.1) is 24.4 Å². The molecule has 0 saturated carbocycles. The van der Waals surface area contributed by atoms with Crippen molar-refractivity contribution in [3.63, 3.8) is 0 Å². The van der Waals surface area contributed by atoms with E-state index in [9.17, 15) is 9.59 Å². The van der Waals surface area contributed by atoms with Crippen LogP contribution in [0.25, 0.3) is 6.08 Å². The molecular formula is C23H22ClNO4. The molecule has 150 valence electrons. The largest absolute Gasteiger partial charge is 0.494 e. The molecule has 2 aromatic rings. The minimum absolute atomic E-state index is 0.215. The van der Waals surface area contributed by atoms with E-state index in [0.717, 1.165) is 0 Å². The van der Waals surface area contributed by atoms with Gasteiger partial charge in [-0.25, -0.2) is 4.79 Å². The molecule has 3 rings (SSSR count). The number of hydrogen-bond donors (Lipinski definition) is 0. The second-order valence-electron chi connectivity index (χ2n) is 6.33. The van der Waals surface area contributed by atoms with E-state index in [0.29, 0.717) is 34.3 Å². The van der Waals surface area contributed by atoms with E-state index in [4.69, 9.17) is 21.1 Å². The first-order valence-electron chi connectivity index (χ1n) is 9.39. The molecule has 1 aliphatic rings. The number of hydrogen-bond acceptors (Lipinski definition) is 4. The number of rotatable bonds is 6. The molecule has 0 aromatic heterocycles. The molecule has 0 saturated heterocycles. The first-order valence-corrected chi connectivity index (χ1v) is 9.77. The number of carbonyl (C=O) groups excluding carboxylic acids is 2. The molecule has 2 aromatic carbocycles. The maximum atomic E-state index is 13.3. The molecule has 1 aliphatic heterocycles. The third-order valence-electron chi connectivity index (χ3n) is 4.49. The van der Waals surface area contributed by atoms with Crippen LogP contribution < -0.4 is 9.64 Å². The lowest BCUT2D eigenvalue weighted by Gasteiger charge is -2.18. The summed E-state index contributed by atoms with van der Waals surface area (Å²) in [5, 5.41) is 0.494. The molecule has 1 amide bonds. The van der Waals surface area contributed by atoms with E-state index in [2.05, 4.69) is 0 Å². The average molecular weight is 412 g/mol. The minimum atomic E-state index is -0.537. The zero-order valence-corrected chi connectivity index (χ0v) is 17.3. The summed E-state index contributed by atoms with van der Waals surface area (Å²) in [7, 11) is 0. The number of nitrogens with zero attached hydrogens (tertiary/aromatic N) is 1. The molecule has 0 atom stereocenters. The molecule has 1 heterocycles. The van der Waals surface area contributed by atoms with Crippen LogP contribution in [0, 0.1) is 0 Å². The summed E-state index contributed by atoms with van der Waals surface area (Å²) >= 11 is 6.26. The van der Waals surface area contributed by atoms with Crippen LogP contribution in [-0.2, 0) is 14.3 Å². The Kier molecular flexibility index (Phi) is 6.39. The molecule has 29 heavy (non-hydrogen) atoms. The van der Waals surface area contributed by atoms with Gasteiger partial charge < -0.3 is 9.47 Å². The highest BCUT2D eigenvalue weighted by atomic mass is 35.5. The Morgan fingerprint density at radius 2 is 1.76 bits per heavy atom. The Labute approximate surface area is 175 Å². The van der Waals surface area contributed by atoms with E-state index >= 15 is 0 Å². The third kappa shape index (κ3) is 4.20. The Balaban J connectivity index is 2.08. The van der Waals surface area contributed by atoms with Crippen molar-refractivity contribution in [2.45, 2.75) is 20.8 Å². The van der Waals surface area contributed by atoms with Gasteiger partial charge >= 0.3 is 5.97 Å². The second kappa shape index (κ2) is 8.97. The lowest BCUT2D eigenvalue weighted by molar-refractivity contribution is -0.138. The number of ether oxygens (including phenoxy) is 2. The van der Waals surface area contributed by atoms with Crippen molar-refractivity contribution in [3.8, 4) is 5.75 Å². The number of carbonyl (C=O) groups is 2. The number of allylic oxidation sites excluding steroid dienone is 1. The van der Waals surface area contributed by atoms with Crippen molar-refractivity contribution in [2.75, 3.05) is 18.1 Å². The summed E-state index contributed by atoms with van der Waals surface area (Å²) < 4.78 is 10.7. The zero-order valence-electron chi connectivity index (χ0n) is 16.6. The Morgan fingerprint density at radius 1 is 1.07 bits per heavy atom. The quantitative estimate of drug-likeness (QED) is 0.495. The van der Waals surface area contributed by atoms with Crippen LogP contribution in [0.1, 0.15) is 26.3 Å². The molecular weight excluding hydrogens is 390 g/mol. The number of esters is 1. The number of halogens is 1. The normalized spacial score (nSPS) is 15.2. The van der Waals surface area contributed by atoms with E-state index in [-0.39, 0.29) is 23.7 Å². The first kappa shape index (κ1) is 20.7. The van der Waals surface area contributed by atoms with Gasteiger partial charge in [-0.1, -0.05) is 29.8 Å². The van der Waals surface area contributed by atoms with E-state index < -0.39 is 5.97 Å². The monoisotopic (exact) mass is 411 g/mol. The molecule has 0 unspecified atom stereocenters. The maximum Gasteiger partial charge on any atom is 0.340 e. The predicted molar refractivity (Wildman–Crippen MR) is 114 cm³/mol. The Morgan fingerprint density at radius 3 is 2.38 bits per heavy atom. The molecule has 6 heteroatoms. The summed E-state index contributed by atoms with van der Waals surface area (Å²) in [5.41, 5.74) is 2.30. The second-order valence-corrected chi connectivity index (χ2v) is 6.74. The fourth-order valence-electron chi connectivity index (χ4n) is 3.20. The zero-order chi connectivity index (χ0) is 21.0. The molecule has 0 radical (unpaired) electrons. The third-order valence-corrected chi connectivity index (χ3v) is 4.83. The van der Waals surface area contributed by atoms with Crippen LogP contribution in [0.2, 0.25) is 5.02 Å². The summed E-state index contributed by atoms with van der Waals surface area (Å²) in [6.07, 6.45) is 1.63. The minimum Gasteiger partial charge on any atom is -0.494 e. The summed E-state index contributed by atoms with van der Waals surface area (Å²) in [4.78, 5) is 27.5. The van der Waals surface area contributed by atoms with Crippen LogP contribution in [0.5, 0.6) is 5.75 Å². The molecule has 0 spiro atoms. The highest BCUT2D eigenvalue weighted by molar-refractivity contribution is 6.32. The summed E-state index contributed by atoms with van der Waals surface area (Å²) in [6.45, 7) is 6.13. The fraction of sp³-hybridized carbons (Fsp3) is 0.217. The van der Waals surface area contributed by atoms with Crippen LogP contribution in [-0.4, -0.2) is 25.1 Å². The highest BCUT2D eigenvalue weighted by Crippen LogP contribution is 2.36. The van der Waals surface area contributed by atoms with Gasteiger partial charge in [-0.2, -0.15) is 0 Å². The van der Waals surface area contributed by atoms with Crippen LogP contribution >= 0.6 is 11.6 Å². The Hall–Kier alpha value is -3.05. The van der Waals surface area contributed by atoms with Crippen LogP contribution in [0.4, 0.5) is 5.69 Å². The first-order chi connectivity index (χ1) is 14.0. The summed E-state index contributed by atoms with van der Waals surface area (Å²) in [6, 6.07) is 14.3. The molecule has 0 fully saturated rings. The molecule has 0 bridgehead atoms. The van der Waals surface area contributed by atoms with E-state index in [1.54, 1.807) is 62.4 Å². The molecule has 0 aliphatic carbocycles. The van der Waals surface area contributed by atoms with Crippen molar-refractivity contribution in [1.82, 2.24) is 0 Å². The highest BCUT2D eigenvalue weighted by Gasteiger charge is 2.38. The van der Waals surface area contributed by atoms with Crippen molar-refractivity contribution < 1.29 is 19.1 Å². The SMILES string of the molecule is CCOC(=O)C1=C(C)N(c2ccc(OCC)cc2)C(=O)C1=Cc1ccccc1Cl. The van der Waals surface area contributed by atoms with E-state index in [1.165, 1.54) is 4.90 Å². The lowest BCUT2D eigenvalue weighted by atomic mass is 10.0. The average Bonchev–Trinajstić information content (AvgIpc) is 2.95. The van der Waals surface area contributed by atoms with Gasteiger partial charge in [-0.05, 0) is 62.7 Å². The van der Waals surface area contributed by atoms with Crippen molar-refractivity contribution >= 4 is 35.2 Å². The van der Waals surface area contributed by atoms with Gasteiger partial charge in [-0.15, -0.1) is 0 Å². The molecule has 0 N–H and O–H groups in total. The predicted octanol–water partition coefficient (Wildman–Crippen LogP) is 5.01. The van der Waals surface area contributed by atoms with Crippen molar-refractivity contribution in [1.29, 1.82) is 0 Å². The standard InChI is InChI=1S/C23H22ClNO4/c1-4-28-18-12-10-17(11-13-18)25-15(3)21(23(27)29-5-2)19(22(25)26)14-16-8-6-7-9-20(16)24/h6-14H,4-5H2,1-3H3. The van der Waals surface area contributed by atoms with Gasteiger partial charge in [-0.3, -0.25) is 9.69 Å². The number of benzene rings is 2. The van der Waals surface area contributed by atoms with Crippen molar-refractivity contribution in [3.05, 3.63) is 76.0 Å². The maximum absolute atomic E-state index is 13.3. The van der Waals surface area contributed by atoms with Gasteiger partial charge in [0, 0.05) is 16.4 Å². The smallest absolute Gasteiger partial charge is 0.340 e. The van der Waals surface area contributed by atoms with Gasteiger partial charge in [0.25, 0.3) is 5.91 Å². The molecule has 5 nitrogen and oxygen atoms in total. The van der Waals surface area contributed by atoms with Crippen molar-refractivity contribution in [2.24, 2.45) is 0 Å². The van der Waals surface area contributed by atoms with Crippen LogP contribution in [0.3, 0.4) is 0 Å². The topological polar surface area (TPSA) is 55.8 Å². The van der Waals surface area contributed by atoms with Crippen LogP contribution in [0.15, 0.2) is 65.4 Å². The van der Waals surface area contributed by atoms with Gasteiger partial charge in [0.2, 0.25) is 0 Å². The Bertz CT molecular complexity index is 992. The fourth-order valence-corrected chi connectivity index (χ4v) is 3.39. The number of amides is 1. The van der Waals surface area contributed by atoms with E-state index in [1.807, 2.05) is 13.0 Å². The number of anilines is 1. The van der Waals surface area contributed by atoms with Gasteiger partial charge in [0.1, 0.15) is 5.75 Å². The summed E-state index contributed by atoms with van der Waals surface area (Å²) in [5.74, 6) is -0.137. The van der Waals surface area contributed by atoms with Gasteiger partial charge in [0.15, 0.2) is 0 Å².